The molecule has 2 atom stereocenters. The number of hydrogen-bond donors (Lipinski definition) is 1. The van der Waals surface area contributed by atoms with Gasteiger partial charge in [0.15, 0.2) is 0 Å². The van der Waals surface area contributed by atoms with Gasteiger partial charge in [0.1, 0.15) is 0 Å². The van der Waals surface area contributed by atoms with E-state index in [9.17, 15) is 0 Å². The highest BCUT2D eigenvalue weighted by Crippen LogP contribution is 2.14. The van der Waals surface area contributed by atoms with E-state index in [0.717, 1.165) is 17.5 Å². The van der Waals surface area contributed by atoms with Crippen LogP contribution in [0.2, 0.25) is 0 Å². The Bertz CT molecular complexity index is 139. The number of hydrogen-bond acceptors (Lipinski definition) is 2. The van der Waals surface area contributed by atoms with E-state index in [1.807, 2.05) is 11.8 Å². The molecule has 2 unspecified atom stereocenters. The van der Waals surface area contributed by atoms with E-state index in [4.69, 9.17) is 6.42 Å². The zero-order chi connectivity index (χ0) is 9.40. The molecule has 0 aromatic heterocycles. The van der Waals surface area contributed by atoms with Gasteiger partial charge >= 0.3 is 0 Å². The van der Waals surface area contributed by atoms with E-state index < -0.39 is 0 Å². The Morgan fingerprint density at radius 3 is 2.58 bits per heavy atom. The first kappa shape index (κ1) is 11.9. The van der Waals surface area contributed by atoms with Crippen LogP contribution in [0.4, 0.5) is 0 Å². The molecule has 0 aliphatic carbocycles. The third-order valence-electron chi connectivity index (χ3n) is 1.77. The maximum Gasteiger partial charge on any atom is 0.0778 e. The molecule has 0 radical (unpaired) electrons. The Balaban J connectivity index is 3.52. The molecule has 1 N–H and O–H groups in total. The molecule has 12 heavy (non-hydrogen) atoms. The fourth-order valence-electron chi connectivity index (χ4n) is 0.791. The average Bonchev–Trinajstić information content (AvgIpc) is 2.11. The molecular weight excluding hydrogens is 166 g/mol. The summed E-state index contributed by atoms with van der Waals surface area (Å²) in [5, 5.41) is 3.98. The van der Waals surface area contributed by atoms with Gasteiger partial charge in [0, 0.05) is 11.0 Å². The predicted molar refractivity (Wildman–Crippen MR) is 58.5 cm³/mol. The molecule has 0 aliphatic heterocycles. The van der Waals surface area contributed by atoms with Crippen LogP contribution < -0.4 is 5.32 Å². The summed E-state index contributed by atoms with van der Waals surface area (Å²) < 4.78 is 0. The maximum absolute atomic E-state index is 5.36. The summed E-state index contributed by atoms with van der Waals surface area (Å²) in [6, 6.07) is 0.244. The van der Waals surface area contributed by atoms with E-state index in [2.05, 4.69) is 32.0 Å². The highest BCUT2D eigenvalue weighted by molar-refractivity contribution is 7.99. The summed E-state index contributed by atoms with van der Waals surface area (Å²) in [6.07, 6.45) is 6.58. The molecule has 2 heteroatoms. The number of thioether (sulfide) groups is 1. The van der Waals surface area contributed by atoms with Crippen molar-refractivity contribution in [2.45, 2.75) is 38.5 Å². The summed E-state index contributed by atoms with van der Waals surface area (Å²) in [5.41, 5.74) is 0. The minimum Gasteiger partial charge on any atom is -0.303 e. The van der Waals surface area contributed by atoms with Crippen molar-refractivity contribution >= 4 is 11.8 Å². The first-order valence-corrected chi connectivity index (χ1v) is 5.60. The molecule has 0 saturated heterocycles. The van der Waals surface area contributed by atoms with Gasteiger partial charge in [0.05, 0.1) is 6.04 Å². The average molecular weight is 185 g/mol. The fourth-order valence-corrected chi connectivity index (χ4v) is 1.76. The second kappa shape index (κ2) is 7.52. The molecule has 0 aliphatic rings. The Morgan fingerprint density at radius 1 is 1.50 bits per heavy atom. The topological polar surface area (TPSA) is 12.0 Å². The first-order chi connectivity index (χ1) is 5.74. The van der Waals surface area contributed by atoms with Gasteiger partial charge in [0.2, 0.25) is 0 Å². The highest BCUT2D eigenvalue weighted by atomic mass is 32.2. The minimum atomic E-state index is 0.244. The summed E-state index contributed by atoms with van der Waals surface area (Å²) >= 11 is 1.94. The lowest BCUT2D eigenvalue weighted by Crippen LogP contribution is -2.29. The third-order valence-corrected chi connectivity index (χ3v) is 3.20. The maximum atomic E-state index is 5.36. The van der Waals surface area contributed by atoms with Gasteiger partial charge in [-0.05, 0) is 13.0 Å². The summed E-state index contributed by atoms with van der Waals surface area (Å²) in [7, 11) is 0. The minimum absolute atomic E-state index is 0.244. The van der Waals surface area contributed by atoms with Gasteiger partial charge in [-0.2, -0.15) is 11.8 Å². The van der Waals surface area contributed by atoms with Gasteiger partial charge in [-0.3, -0.25) is 0 Å². The van der Waals surface area contributed by atoms with Crippen LogP contribution in [0.15, 0.2) is 0 Å². The summed E-state index contributed by atoms with van der Waals surface area (Å²) in [6.45, 7) is 7.48. The lowest BCUT2D eigenvalue weighted by Gasteiger charge is -2.13. The molecule has 0 amide bonds. The van der Waals surface area contributed by atoms with Crippen LogP contribution in [0.1, 0.15) is 27.2 Å². The summed E-state index contributed by atoms with van der Waals surface area (Å²) in [4.78, 5) is 0. The molecule has 1 nitrogen and oxygen atoms in total. The van der Waals surface area contributed by atoms with Crippen LogP contribution in [0.25, 0.3) is 0 Å². The second-order valence-corrected chi connectivity index (χ2v) is 4.30. The fraction of sp³-hybridized carbons (Fsp3) is 0.800. The van der Waals surface area contributed by atoms with Gasteiger partial charge < -0.3 is 5.32 Å². The Kier molecular flexibility index (Phi) is 7.43. The number of nitrogens with one attached hydrogen (secondary N) is 1. The molecule has 0 rings (SSSR count). The van der Waals surface area contributed by atoms with Crippen molar-refractivity contribution in [2.24, 2.45) is 0 Å². The van der Waals surface area contributed by atoms with E-state index in [-0.39, 0.29) is 6.04 Å². The lowest BCUT2D eigenvalue weighted by atomic mass is 10.3. The lowest BCUT2D eigenvalue weighted by molar-refractivity contribution is 0.682. The van der Waals surface area contributed by atoms with Crippen molar-refractivity contribution in [2.75, 3.05) is 12.3 Å². The SMILES string of the molecule is C#CC(CSC(C)CC)NCC. The standard InChI is InChI=1S/C10H19NS/c1-5-9(4)12-8-10(6-2)11-7-3/h2,9-11H,5,7-8H2,1,3-4H3. The van der Waals surface area contributed by atoms with Crippen LogP contribution in [0.3, 0.4) is 0 Å². The summed E-state index contributed by atoms with van der Waals surface area (Å²) in [5.74, 6) is 3.78. The molecule has 0 aromatic rings. The van der Waals surface area contributed by atoms with Crippen molar-refractivity contribution in [3.05, 3.63) is 0 Å². The van der Waals surface area contributed by atoms with E-state index in [1.165, 1.54) is 6.42 Å². The molecule has 0 bridgehead atoms. The third kappa shape index (κ3) is 5.51. The van der Waals surface area contributed by atoms with Crippen LogP contribution in [0, 0.1) is 12.3 Å². The van der Waals surface area contributed by atoms with Crippen LogP contribution in [-0.4, -0.2) is 23.6 Å². The van der Waals surface area contributed by atoms with E-state index in [1.54, 1.807) is 0 Å². The smallest absolute Gasteiger partial charge is 0.0778 e. The van der Waals surface area contributed by atoms with E-state index in [0.29, 0.717) is 0 Å². The zero-order valence-electron chi connectivity index (χ0n) is 8.26. The molecule has 0 fully saturated rings. The van der Waals surface area contributed by atoms with Crippen molar-refractivity contribution in [1.29, 1.82) is 0 Å². The Labute approximate surface area is 80.7 Å². The van der Waals surface area contributed by atoms with Gasteiger partial charge in [-0.1, -0.05) is 26.7 Å². The van der Waals surface area contributed by atoms with Gasteiger partial charge in [-0.15, -0.1) is 6.42 Å². The predicted octanol–water partition coefficient (Wildman–Crippen LogP) is 2.13. The molecule has 0 spiro atoms. The second-order valence-electron chi connectivity index (χ2n) is 2.83. The molecule has 0 saturated carbocycles. The molecule has 0 heterocycles. The zero-order valence-corrected chi connectivity index (χ0v) is 9.08. The molecular formula is C10H19NS. The first-order valence-electron chi connectivity index (χ1n) is 4.55. The molecule has 70 valence electrons. The Hall–Kier alpha value is -0.130. The number of rotatable bonds is 6. The van der Waals surface area contributed by atoms with Crippen LogP contribution >= 0.6 is 11.8 Å². The quantitative estimate of drug-likeness (QED) is 0.636. The van der Waals surface area contributed by atoms with Crippen molar-refractivity contribution < 1.29 is 0 Å². The Morgan fingerprint density at radius 2 is 2.17 bits per heavy atom. The normalized spacial score (nSPS) is 15.2. The van der Waals surface area contributed by atoms with Crippen molar-refractivity contribution in [3.8, 4) is 12.3 Å². The molecule has 0 aromatic carbocycles. The number of terminal acetylenes is 1. The van der Waals surface area contributed by atoms with Gasteiger partial charge in [0.25, 0.3) is 0 Å². The van der Waals surface area contributed by atoms with E-state index >= 15 is 0 Å². The van der Waals surface area contributed by atoms with Crippen molar-refractivity contribution in [3.63, 3.8) is 0 Å². The monoisotopic (exact) mass is 185 g/mol. The van der Waals surface area contributed by atoms with Crippen LogP contribution in [0.5, 0.6) is 0 Å². The van der Waals surface area contributed by atoms with Crippen molar-refractivity contribution in [1.82, 2.24) is 5.32 Å². The van der Waals surface area contributed by atoms with Gasteiger partial charge in [-0.25, -0.2) is 0 Å². The van der Waals surface area contributed by atoms with Crippen LogP contribution in [-0.2, 0) is 0 Å². The largest absolute Gasteiger partial charge is 0.303 e. The highest BCUT2D eigenvalue weighted by Gasteiger charge is 2.05.